The van der Waals surface area contributed by atoms with E-state index in [0.717, 1.165) is 41.7 Å². The molecule has 8 heteroatoms. The summed E-state index contributed by atoms with van der Waals surface area (Å²) in [6.07, 6.45) is 7.30. The number of aromatic nitrogens is 1. The molecule has 2 fully saturated rings. The number of amides is 1. The van der Waals surface area contributed by atoms with E-state index in [2.05, 4.69) is 16.4 Å². The predicted octanol–water partition coefficient (Wildman–Crippen LogP) is 2.39. The van der Waals surface area contributed by atoms with Crippen LogP contribution in [0.2, 0.25) is 0 Å². The number of alkyl halides is 2. The van der Waals surface area contributed by atoms with E-state index in [-0.39, 0.29) is 30.7 Å². The Labute approximate surface area is 155 Å². The number of rotatable bonds is 3. The van der Waals surface area contributed by atoms with Gasteiger partial charge in [0, 0.05) is 42.3 Å². The van der Waals surface area contributed by atoms with Gasteiger partial charge in [0.05, 0.1) is 11.9 Å². The van der Waals surface area contributed by atoms with Crippen LogP contribution in [0.4, 0.5) is 8.78 Å². The summed E-state index contributed by atoms with van der Waals surface area (Å²) in [6.45, 7) is 0. The van der Waals surface area contributed by atoms with Crippen molar-refractivity contribution in [3.05, 3.63) is 35.1 Å². The molecular weight excluding hydrogens is 353 g/mol. The molecule has 1 aromatic heterocycles. The van der Waals surface area contributed by atoms with Crippen LogP contribution < -0.4 is 9.97 Å². The van der Waals surface area contributed by atoms with Crippen LogP contribution in [0.5, 0.6) is 5.75 Å². The van der Waals surface area contributed by atoms with Crippen LogP contribution >= 0.6 is 0 Å². The average molecular weight is 372 g/mol. The molecule has 0 saturated heterocycles. The van der Waals surface area contributed by atoms with E-state index in [4.69, 9.17) is 4.65 Å². The Morgan fingerprint density at radius 2 is 2.15 bits per heavy atom. The maximum absolute atomic E-state index is 12.9. The molecule has 2 saturated carbocycles. The van der Waals surface area contributed by atoms with E-state index in [0.29, 0.717) is 5.75 Å². The Morgan fingerprint density at radius 1 is 1.37 bits per heavy atom. The van der Waals surface area contributed by atoms with Crippen LogP contribution in [-0.4, -0.2) is 35.0 Å². The smallest absolute Gasteiger partial charge is 0.531 e. The summed E-state index contributed by atoms with van der Waals surface area (Å²) in [7, 11) is -1.01. The Bertz CT molecular complexity index is 872. The minimum absolute atomic E-state index is 0.00788. The van der Waals surface area contributed by atoms with E-state index < -0.39 is 19.0 Å². The highest BCUT2D eigenvalue weighted by atomic mass is 19.3. The molecule has 0 aromatic carbocycles. The molecule has 5 rings (SSSR count). The molecule has 2 heterocycles. The first-order valence-electron chi connectivity index (χ1n) is 9.33. The Morgan fingerprint density at radius 3 is 2.89 bits per heavy atom. The van der Waals surface area contributed by atoms with E-state index >= 15 is 0 Å². The van der Waals surface area contributed by atoms with Crippen molar-refractivity contribution in [2.24, 2.45) is 11.8 Å². The first-order chi connectivity index (χ1) is 12.9. The van der Waals surface area contributed by atoms with Crippen molar-refractivity contribution >= 4 is 24.7 Å². The highest BCUT2D eigenvalue weighted by Gasteiger charge is 2.49. The van der Waals surface area contributed by atoms with Crippen LogP contribution in [0, 0.1) is 11.8 Å². The second kappa shape index (κ2) is 5.89. The Balaban J connectivity index is 1.28. The summed E-state index contributed by atoms with van der Waals surface area (Å²) in [6, 6.07) is -0.00788. The monoisotopic (exact) mass is 372 g/mol. The van der Waals surface area contributed by atoms with Crippen LogP contribution in [0.3, 0.4) is 0 Å². The summed E-state index contributed by atoms with van der Waals surface area (Å²) in [4.78, 5) is 16.5. The van der Waals surface area contributed by atoms with Gasteiger partial charge < -0.3 is 15.0 Å². The second-order valence-electron chi connectivity index (χ2n) is 7.93. The van der Waals surface area contributed by atoms with Crippen LogP contribution in [-0.2, 0) is 11.2 Å². The maximum Gasteiger partial charge on any atom is 0.552 e. The molecule has 0 radical (unpaired) electrons. The fraction of sp³-hybridized carbons (Fsp3) is 0.474. The number of nitrogens with zero attached hydrogens (tertiary/aromatic N) is 1. The summed E-state index contributed by atoms with van der Waals surface area (Å²) in [5.74, 6) is -1.02. The van der Waals surface area contributed by atoms with Crippen molar-refractivity contribution in [3.8, 4) is 5.75 Å². The van der Waals surface area contributed by atoms with Gasteiger partial charge in [-0.15, -0.1) is 0 Å². The first-order valence-corrected chi connectivity index (χ1v) is 9.33. The molecule has 1 aromatic rings. The zero-order valence-corrected chi connectivity index (χ0v) is 14.6. The second-order valence-corrected chi connectivity index (χ2v) is 7.93. The fourth-order valence-electron chi connectivity index (χ4n) is 4.46. The third kappa shape index (κ3) is 2.86. The molecule has 1 aliphatic heterocycles. The first kappa shape index (κ1) is 16.9. The fourth-order valence-corrected chi connectivity index (χ4v) is 4.46. The largest absolute Gasteiger partial charge is 0.552 e. The van der Waals surface area contributed by atoms with Crippen LogP contribution in [0.1, 0.15) is 42.5 Å². The van der Waals surface area contributed by atoms with Crippen LogP contribution in [0.25, 0.3) is 11.6 Å². The number of carbonyl (C=O) groups excluding carboxylic acids is 1. The van der Waals surface area contributed by atoms with Crippen molar-refractivity contribution in [3.63, 3.8) is 0 Å². The van der Waals surface area contributed by atoms with Gasteiger partial charge in [-0.05, 0) is 30.3 Å². The normalized spacial score (nSPS) is 27.7. The van der Waals surface area contributed by atoms with E-state index in [1.807, 2.05) is 6.08 Å². The van der Waals surface area contributed by atoms with Crippen LogP contribution in [0.15, 0.2) is 18.2 Å². The summed E-state index contributed by atoms with van der Waals surface area (Å²) in [5.41, 5.74) is 4.03. The number of halogens is 2. The number of allylic oxidation sites excluding steroid dienone is 2. The highest BCUT2D eigenvalue weighted by Crippen LogP contribution is 2.47. The lowest BCUT2D eigenvalue weighted by atomic mass is 9.67. The number of hydrogen-bond donors (Lipinski definition) is 2. The zero-order chi connectivity index (χ0) is 18.8. The third-order valence-electron chi connectivity index (χ3n) is 6.00. The molecule has 0 unspecified atom stereocenters. The van der Waals surface area contributed by atoms with Crippen molar-refractivity contribution in [2.75, 3.05) is 0 Å². The van der Waals surface area contributed by atoms with Gasteiger partial charge in [0.25, 0.3) is 0 Å². The van der Waals surface area contributed by atoms with Gasteiger partial charge in [0.2, 0.25) is 11.8 Å². The number of nitrogens with one attached hydrogen (secondary N) is 1. The van der Waals surface area contributed by atoms with Gasteiger partial charge in [-0.25, -0.2) is 8.78 Å². The number of fused-ring (bicyclic) bond motifs is 3. The van der Waals surface area contributed by atoms with Crippen molar-refractivity contribution in [1.29, 1.82) is 0 Å². The molecule has 4 aliphatic rings. The van der Waals surface area contributed by atoms with Gasteiger partial charge in [0.1, 0.15) is 5.75 Å². The van der Waals surface area contributed by atoms with Gasteiger partial charge in [-0.2, -0.15) is 0 Å². The molecule has 0 spiro atoms. The maximum atomic E-state index is 12.9. The van der Waals surface area contributed by atoms with Gasteiger partial charge in [0.15, 0.2) is 0 Å². The highest BCUT2D eigenvalue weighted by molar-refractivity contribution is 6.52. The molecule has 27 heavy (non-hydrogen) atoms. The zero-order valence-electron chi connectivity index (χ0n) is 14.6. The van der Waals surface area contributed by atoms with E-state index in [1.165, 1.54) is 0 Å². The Hall–Kier alpha value is -2.22. The molecule has 2 N–H and O–H groups in total. The average Bonchev–Trinajstić information content (AvgIpc) is 3.03. The van der Waals surface area contributed by atoms with E-state index in [9.17, 15) is 18.6 Å². The van der Waals surface area contributed by atoms with Gasteiger partial charge >= 0.3 is 7.12 Å². The topological polar surface area (TPSA) is 71.5 Å². The molecule has 0 bridgehead atoms. The van der Waals surface area contributed by atoms with Gasteiger partial charge in [-0.3, -0.25) is 9.78 Å². The van der Waals surface area contributed by atoms with Crippen molar-refractivity contribution < 1.29 is 23.3 Å². The Kier molecular flexibility index (Phi) is 3.69. The quantitative estimate of drug-likeness (QED) is 0.800. The SMILES string of the molecule is O=C(NC1CC(C2=CB(O)Oc3cnc4c(c32)C=CC4)C1)C1CC(F)(F)C1. The lowest BCUT2D eigenvalue weighted by Crippen LogP contribution is -2.51. The number of carbonyl (C=O) groups is 1. The third-order valence-corrected chi connectivity index (χ3v) is 6.00. The standard InChI is InChI=1S/C19H19BF2N2O3/c21-19(22)6-11(7-19)18(25)24-12-4-10(5-12)14-8-20(26)27-16-9-23-15-3-1-2-13(15)17(14)16/h1-2,8-12,26H,3-7H2,(H,24,25). The molecule has 5 nitrogen and oxygen atoms in total. The van der Waals surface area contributed by atoms with Gasteiger partial charge in [-0.1, -0.05) is 12.2 Å². The molecular formula is C19H19BF2N2O3. The minimum Gasteiger partial charge on any atom is -0.531 e. The summed E-state index contributed by atoms with van der Waals surface area (Å²) < 4.78 is 31.4. The lowest BCUT2D eigenvalue weighted by molar-refractivity contribution is -0.151. The minimum atomic E-state index is -2.68. The van der Waals surface area contributed by atoms with E-state index in [1.54, 1.807) is 12.2 Å². The molecule has 140 valence electrons. The molecule has 0 atom stereocenters. The summed E-state index contributed by atoms with van der Waals surface area (Å²) >= 11 is 0. The molecule has 3 aliphatic carbocycles. The van der Waals surface area contributed by atoms with Crippen molar-refractivity contribution in [1.82, 2.24) is 10.3 Å². The number of hydrogen-bond acceptors (Lipinski definition) is 4. The predicted molar refractivity (Wildman–Crippen MR) is 95.9 cm³/mol. The molecule has 1 amide bonds. The lowest BCUT2D eigenvalue weighted by Gasteiger charge is -2.41. The number of pyridine rings is 1. The summed E-state index contributed by atoms with van der Waals surface area (Å²) in [5, 5.41) is 12.9. The van der Waals surface area contributed by atoms with Crippen molar-refractivity contribution in [2.45, 2.75) is 44.1 Å².